The van der Waals surface area contributed by atoms with E-state index in [1.807, 2.05) is 24.3 Å². The molecular formula is C20H16ClN3O3S. The molecule has 142 valence electrons. The van der Waals surface area contributed by atoms with E-state index in [0.717, 1.165) is 22.7 Å². The number of halogens is 1. The van der Waals surface area contributed by atoms with Crippen LogP contribution < -0.4 is 5.56 Å². The first-order valence-electron chi connectivity index (χ1n) is 8.53. The van der Waals surface area contributed by atoms with Crippen LogP contribution in [0.25, 0.3) is 27.6 Å². The lowest BCUT2D eigenvalue weighted by Gasteiger charge is -2.14. The summed E-state index contributed by atoms with van der Waals surface area (Å²) in [6.45, 7) is 1.71. The molecule has 1 atom stereocenters. The highest BCUT2D eigenvalue weighted by Gasteiger charge is 2.22. The number of aromatic nitrogens is 3. The Morgan fingerprint density at radius 3 is 2.79 bits per heavy atom. The van der Waals surface area contributed by atoms with E-state index in [9.17, 15) is 9.59 Å². The van der Waals surface area contributed by atoms with Crippen molar-refractivity contribution in [2.24, 2.45) is 0 Å². The van der Waals surface area contributed by atoms with Gasteiger partial charge in [0.15, 0.2) is 5.16 Å². The predicted octanol–water partition coefficient (Wildman–Crippen LogP) is 4.17. The van der Waals surface area contributed by atoms with Crippen LogP contribution in [0.1, 0.15) is 6.92 Å². The standard InChI is InChI=1S/C20H16ClN3O3S/c1-11(19(26)27-2)28-20-23-16-14-8-3-4-9-15(14)22-17(16)18(25)24(20)13-7-5-6-12(21)10-13/h3-11,22H,1-2H3/t11-/m0/s1. The molecule has 0 spiro atoms. The number of fused-ring (bicyclic) bond motifs is 3. The normalized spacial score (nSPS) is 12.4. The third kappa shape index (κ3) is 3.16. The van der Waals surface area contributed by atoms with Crippen molar-refractivity contribution in [1.29, 1.82) is 0 Å². The smallest absolute Gasteiger partial charge is 0.318 e. The maximum atomic E-state index is 13.4. The summed E-state index contributed by atoms with van der Waals surface area (Å²) in [5.74, 6) is -0.393. The predicted molar refractivity (Wildman–Crippen MR) is 112 cm³/mol. The summed E-state index contributed by atoms with van der Waals surface area (Å²) in [6.07, 6.45) is 0. The average Bonchev–Trinajstić information content (AvgIpc) is 3.06. The third-order valence-electron chi connectivity index (χ3n) is 4.38. The van der Waals surface area contributed by atoms with Gasteiger partial charge in [0.05, 0.1) is 12.8 Å². The fourth-order valence-electron chi connectivity index (χ4n) is 3.04. The van der Waals surface area contributed by atoms with Gasteiger partial charge in [0, 0.05) is 15.9 Å². The number of nitrogens with zero attached hydrogens (tertiary/aromatic N) is 2. The van der Waals surface area contributed by atoms with Crippen LogP contribution in [0, 0.1) is 0 Å². The van der Waals surface area contributed by atoms with Gasteiger partial charge in [-0.3, -0.25) is 14.2 Å². The molecule has 0 amide bonds. The van der Waals surface area contributed by atoms with Crippen molar-refractivity contribution in [3.05, 3.63) is 63.9 Å². The highest BCUT2D eigenvalue weighted by Crippen LogP contribution is 2.29. The fourth-order valence-corrected chi connectivity index (χ4v) is 4.17. The minimum atomic E-state index is -0.537. The van der Waals surface area contributed by atoms with Crippen molar-refractivity contribution in [3.63, 3.8) is 0 Å². The van der Waals surface area contributed by atoms with Gasteiger partial charge in [-0.2, -0.15) is 0 Å². The van der Waals surface area contributed by atoms with Gasteiger partial charge in [0.1, 0.15) is 16.3 Å². The molecule has 0 radical (unpaired) electrons. The average molecular weight is 414 g/mol. The number of ether oxygens (including phenoxy) is 1. The van der Waals surface area contributed by atoms with Gasteiger partial charge < -0.3 is 9.72 Å². The summed E-state index contributed by atoms with van der Waals surface area (Å²) in [5, 5.41) is 1.20. The molecule has 2 aromatic carbocycles. The summed E-state index contributed by atoms with van der Waals surface area (Å²) in [7, 11) is 1.33. The van der Waals surface area contributed by atoms with Crippen molar-refractivity contribution in [1.82, 2.24) is 14.5 Å². The lowest BCUT2D eigenvalue weighted by Crippen LogP contribution is -2.24. The van der Waals surface area contributed by atoms with Gasteiger partial charge in [-0.25, -0.2) is 4.98 Å². The molecule has 0 aliphatic rings. The lowest BCUT2D eigenvalue weighted by molar-refractivity contribution is -0.139. The van der Waals surface area contributed by atoms with E-state index in [1.165, 1.54) is 11.7 Å². The number of thioether (sulfide) groups is 1. The first kappa shape index (κ1) is 18.6. The van der Waals surface area contributed by atoms with E-state index in [-0.39, 0.29) is 5.56 Å². The first-order valence-corrected chi connectivity index (χ1v) is 9.79. The minimum absolute atomic E-state index is 0.261. The van der Waals surface area contributed by atoms with Gasteiger partial charge in [0.2, 0.25) is 0 Å². The molecule has 0 unspecified atom stereocenters. The number of nitrogens with one attached hydrogen (secondary N) is 1. The van der Waals surface area contributed by atoms with E-state index < -0.39 is 11.2 Å². The van der Waals surface area contributed by atoms with Gasteiger partial charge in [-0.15, -0.1) is 0 Å². The third-order valence-corrected chi connectivity index (χ3v) is 5.64. The maximum absolute atomic E-state index is 13.4. The number of carbonyl (C=O) groups excluding carboxylic acids is 1. The fraction of sp³-hybridized carbons (Fsp3) is 0.150. The Morgan fingerprint density at radius 2 is 2.04 bits per heavy atom. The summed E-state index contributed by atoms with van der Waals surface area (Å²) < 4.78 is 6.29. The van der Waals surface area contributed by atoms with Crippen LogP contribution in [-0.4, -0.2) is 32.9 Å². The lowest BCUT2D eigenvalue weighted by atomic mass is 10.2. The number of benzene rings is 2. The number of H-pyrrole nitrogens is 1. The quantitative estimate of drug-likeness (QED) is 0.308. The van der Waals surface area contributed by atoms with E-state index in [0.29, 0.717) is 26.9 Å². The number of carbonyl (C=O) groups is 1. The van der Waals surface area contributed by atoms with Crippen molar-refractivity contribution < 1.29 is 9.53 Å². The van der Waals surface area contributed by atoms with Crippen LogP contribution in [0.2, 0.25) is 5.02 Å². The number of esters is 1. The summed E-state index contributed by atoms with van der Waals surface area (Å²) in [6, 6.07) is 14.5. The Kier molecular flexibility index (Phi) is 4.87. The Labute approximate surface area is 169 Å². The molecule has 2 heterocycles. The van der Waals surface area contributed by atoms with Crippen molar-refractivity contribution in [2.45, 2.75) is 17.3 Å². The molecule has 0 aliphatic heterocycles. The molecular weight excluding hydrogens is 398 g/mol. The number of para-hydroxylation sites is 1. The Morgan fingerprint density at radius 1 is 1.25 bits per heavy atom. The van der Waals surface area contributed by atoms with Crippen LogP contribution in [0.4, 0.5) is 0 Å². The van der Waals surface area contributed by atoms with Crippen molar-refractivity contribution >= 4 is 51.3 Å². The topological polar surface area (TPSA) is 77.0 Å². The molecule has 6 nitrogen and oxygen atoms in total. The first-order chi connectivity index (χ1) is 13.5. The molecule has 8 heteroatoms. The van der Waals surface area contributed by atoms with Crippen molar-refractivity contribution in [3.8, 4) is 5.69 Å². The highest BCUT2D eigenvalue weighted by molar-refractivity contribution is 8.00. The molecule has 0 saturated heterocycles. The number of hydrogen-bond donors (Lipinski definition) is 1. The van der Waals surface area contributed by atoms with Gasteiger partial charge in [-0.05, 0) is 31.2 Å². The summed E-state index contributed by atoms with van der Waals surface area (Å²) in [4.78, 5) is 33.2. The van der Waals surface area contributed by atoms with Gasteiger partial charge in [-0.1, -0.05) is 47.6 Å². The minimum Gasteiger partial charge on any atom is -0.468 e. The molecule has 0 saturated carbocycles. The van der Waals surface area contributed by atoms with E-state index >= 15 is 0 Å². The number of rotatable bonds is 4. The number of methoxy groups -OCH3 is 1. The second kappa shape index (κ2) is 7.33. The Balaban J connectivity index is 2.02. The van der Waals surface area contributed by atoms with Crippen LogP contribution in [0.3, 0.4) is 0 Å². The van der Waals surface area contributed by atoms with Crippen LogP contribution in [0.5, 0.6) is 0 Å². The zero-order valence-electron chi connectivity index (χ0n) is 15.1. The molecule has 28 heavy (non-hydrogen) atoms. The summed E-state index contributed by atoms with van der Waals surface area (Å²) in [5.41, 5.74) is 2.10. The van der Waals surface area contributed by atoms with Gasteiger partial charge in [0.25, 0.3) is 5.56 Å². The Hall–Kier alpha value is -2.77. The van der Waals surface area contributed by atoms with Gasteiger partial charge >= 0.3 is 5.97 Å². The van der Waals surface area contributed by atoms with E-state index in [1.54, 1.807) is 31.2 Å². The summed E-state index contributed by atoms with van der Waals surface area (Å²) >= 11 is 7.30. The number of aromatic amines is 1. The molecule has 0 aliphatic carbocycles. The number of hydrogen-bond acceptors (Lipinski definition) is 5. The molecule has 2 aromatic heterocycles. The Bertz CT molecular complexity index is 1260. The highest BCUT2D eigenvalue weighted by atomic mass is 35.5. The van der Waals surface area contributed by atoms with Crippen molar-refractivity contribution in [2.75, 3.05) is 7.11 Å². The largest absolute Gasteiger partial charge is 0.468 e. The second-order valence-electron chi connectivity index (χ2n) is 6.19. The second-order valence-corrected chi connectivity index (χ2v) is 7.94. The monoisotopic (exact) mass is 413 g/mol. The van der Waals surface area contributed by atoms with E-state index in [2.05, 4.69) is 4.98 Å². The van der Waals surface area contributed by atoms with E-state index in [4.69, 9.17) is 21.3 Å². The molecule has 4 aromatic rings. The molecule has 4 rings (SSSR count). The molecule has 0 fully saturated rings. The molecule has 0 bridgehead atoms. The van der Waals surface area contributed by atoms with Crippen LogP contribution >= 0.6 is 23.4 Å². The maximum Gasteiger partial charge on any atom is 0.318 e. The van der Waals surface area contributed by atoms with Crippen LogP contribution in [-0.2, 0) is 9.53 Å². The SMILES string of the molecule is COC(=O)[C@H](C)Sc1nc2c([nH]c3ccccc32)c(=O)n1-c1cccc(Cl)c1. The van der Waals surface area contributed by atoms with Crippen LogP contribution in [0.15, 0.2) is 58.5 Å². The zero-order valence-corrected chi connectivity index (χ0v) is 16.7. The zero-order chi connectivity index (χ0) is 19.8. The molecule has 1 N–H and O–H groups in total.